The molecule has 106 valence electrons. The second-order valence-corrected chi connectivity index (χ2v) is 5.29. The Hall–Kier alpha value is -1.15. The van der Waals surface area contributed by atoms with Crippen LogP contribution in [0.4, 0.5) is 0 Å². The quantitative estimate of drug-likeness (QED) is 0.697. The van der Waals surface area contributed by atoms with Gasteiger partial charge in [-0.05, 0) is 37.3 Å². The van der Waals surface area contributed by atoms with Gasteiger partial charge in [0.05, 0.1) is 0 Å². The number of nitrogens with two attached hydrogens (primary N) is 1. The van der Waals surface area contributed by atoms with Gasteiger partial charge in [0, 0.05) is 12.8 Å². The van der Waals surface area contributed by atoms with E-state index in [1.807, 2.05) is 18.2 Å². The van der Waals surface area contributed by atoms with Crippen LogP contribution < -0.4 is 5.73 Å². The Morgan fingerprint density at radius 1 is 1.11 bits per heavy atom. The smallest absolute Gasteiger partial charge is 0.133 e. The summed E-state index contributed by atoms with van der Waals surface area (Å²) in [6, 6.07) is 10.2. The molecule has 2 heteroatoms. The van der Waals surface area contributed by atoms with Gasteiger partial charge in [-0.3, -0.25) is 4.79 Å². The normalized spacial score (nSPS) is 12.3. The largest absolute Gasteiger partial charge is 0.330 e. The van der Waals surface area contributed by atoms with Gasteiger partial charge in [0.1, 0.15) is 5.78 Å². The van der Waals surface area contributed by atoms with Gasteiger partial charge in [0.25, 0.3) is 0 Å². The monoisotopic (exact) mass is 261 g/mol. The molecule has 19 heavy (non-hydrogen) atoms. The molecular weight excluding hydrogens is 234 g/mol. The molecule has 0 amide bonds. The topological polar surface area (TPSA) is 43.1 Å². The van der Waals surface area contributed by atoms with Crippen LogP contribution >= 0.6 is 0 Å². The summed E-state index contributed by atoms with van der Waals surface area (Å²) in [7, 11) is 0. The van der Waals surface area contributed by atoms with Crippen LogP contribution in [0, 0.1) is 5.92 Å². The lowest BCUT2D eigenvalue weighted by Gasteiger charge is -2.14. The summed E-state index contributed by atoms with van der Waals surface area (Å²) in [5, 5.41) is 0. The Balaban J connectivity index is 2.23. The van der Waals surface area contributed by atoms with Crippen LogP contribution in [0.15, 0.2) is 30.3 Å². The number of hydrogen-bond acceptors (Lipinski definition) is 2. The second kappa shape index (κ2) is 9.74. The van der Waals surface area contributed by atoms with Crippen LogP contribution in [-0.2, 0) is 11.2 Å². The number of Topliss-reactive ketones (excluding diaryl/α,β-unsaturated/α-hetero) is 1. The van der Waals surface area contributed by atoms with E-state index in [0.29, 0.717) is 18.1 Å². The molecule has 0 aliphatic rings. The van der Waals surface area contributed by atoms with Crippen LogP contribution in [0.2, 0.25) is 0 Å². The summed E-state index contributed by atoms with van der Waals surface area (Å²) < 4.78 is 0. The van der Waals surface area contributed by atoms with E-state index in [0.717, 1.165) is 32.2 Å². The third kappa shape index (κ3) is 7.12. The van der Waals surface area contributed by atoms with Crippen LogP contribution in [0.3, 0.4) is 0 Å². The minimum absolute atomic E-state index is 0.391. The zero-order valence-electron chi connectivity index (χ0n) is 12.1. The van der Waals surface area contributed by atoms with E-state index >= 15 is 0 Å². The van der Waals surface area contributed by atoms with E-state index in [-0.39, 0.29) is 0 Å². The number of hydrogen-bond donors (Lipinski definition) is 1. The van der Waals surface area contributed by atoms with Crippen LogP contribution in [0.1, 0.15) is 51.0 Å². The molecule has 0 spiro atoms. The van der Waals surface area contributed by atoms with E-state index in [1.54, 1.807) is 0 Å². The second-order valence-electron chi connectivity index (χ2n) is 5.29. The molecule has 0 bridgehead atoms. The summed E-state index contributed by atoms with van der Waals surface area (Å²) in [6.07, 6.45) is 6.71. The summed E-state index contributed by atoms with van der Waals surface area (Å²) in [4.78, 5) is 11.9. The zero-order chi connectivity index (χ0) is 13.9. The molecule has 1 unspecified atom stereocenters. The summed E-state index contributed by atoms with van der Waals surface area (Å²) in [5.41, 5.74) is 6.87. The molecule has 1 atom stereocenters. The van der Waals surface area contributed by atoms with Gasteiger partial charge in [-0.15, -0.1) is 0 Å². The number of carbonyl (C=O) groups is 1. The fraction of sp³-hybridized carbons (Fsp3) is 0.588. The maximum Gasteiger partial charge on any atom is 0.133 e. The first-order valence-electron chi connectivity index (χ1n) is 7.52. The fourth-order valence-corrected chi connectivity index (χ4v) is 2.50. The van der Waals surface area contributed by atoms with Crippen molar-refractivity contribution < 1.29 is 4.79 Å². The Labute approximate surface area is 117 Å². The number of ketones is 1. The van der Waals surface area contributed by atoms with Gasteiger partial charge in [-0.25, -0.2) is 0 Å². The lowest BCUT2D eigenvalue weighted by molar-refractivity contribution is -0.119. The maximum absolute atomic E-state index is 11.9. The molecule has 0 saturated carbocycles. The predicted molar refractivity (Wildman–Crippen MR) is 81.1 cm³/mol. The lowest BCUT2D eigenvalue weighted by atomic mass is 9.92. The Kier molecular flexibility index (Phi) is 8.15. The molecule has 1 aromatic rings. The molecule has 1 aromatic carbocycles. The number of aryl methyl sites for hydroxylation is 1. The van der Waals surface area contributed by atoms with Crippen molar-refractivity contribution in [1.29, 1.82) is 0 Å². The van der Waals surface area contributed by atoms with Crippen molar-refractivity contribution in [2.75, 3.05) is 6.54 Å². The predicted octanol–water partition coefficient (Wildman–Crippen LogP) is 3.73. The van der Waals surface area contributed by atoms with Crippen molar-refractivity contribution in [3.05, 3.63) is 35.9 Å². The molecule has 2 N–H and O–H groups in total. The maximum atomic E-state index is 11.9. The lowest BCUT2D eigenvalue weighted by Crippen LogP contribution is -2.11. The Morgan fingerprint density at radius 2 is 1.84 bits per heavy atom. The third-order valence-corrected chi connectivity index (χ3v) is 3.64. The van der Waals surface area contributed by atoms with Crippen molar-refractivity contribution >= 4 is 5.78 Å². The zero-order valence-corrected chi connectivity index (χ0v) is 12.1. The molecule has 0 aliphatic heterocycles. The summed E-state index contributed by atoms with van der Waals surface area (Å²) in [6.45, 7) is 2.93. The first-order valence-corrected chi connectivity index (χ1v) is 7.52. The van der Waals surface area contributed by atoms with Crippen molar-refractivity contribution in [1.82, 2.24) is 0 Å². The standard InChI is InChI=1S/C17H27NO/c1-2-6-15(13-14-18)9-11-17(19)12-10-16-7-4-3-5-8-16/h3-5,7-8,15H,2,6,9-14,18H2,1H3. The molecule has 2 nitrogen and oxygen atoms in total. The van der Waals surface area contributed by atoms with Crippen molar-refractivity contribution in [2.24, 2.45) is 11.7 Å². The minimum atomic E-state index is 0.391. The molecule has 0 aliphatic carbocycles. The van der Waals surface area contributed by atoms with E-state index in [4.69, 9.17) is 5.73 Å². The Morgan fingerprint density at radius 3 is 2.47 bits per heavy atom. The average Bonchev–Trinajstić information content (AvgIpc) is 2.44. The molecule has 0 saturated heterocycles. The van der Waals surface area contributed by atoms with Crippen molar-refractivity contribution in [3.63, 3.8) is 0 Å². The van der Waals surface area contributed by atoms with E-state index < -0.39 is 0 Å². The molecule has 0 heterocycles. The molecule has 1 rings (SSSR count). The number of benzene rings is 1. The molecular formula is C17H27NO. The van der Waals surface area contributed by atoms with Gasteiger partial charge in [-0.2, -0.15) is 0 Å². The molecule has 0 radical (unpaired) electrons. The highest BCUT2D eigenvalue weighted by molar-refractivity contribution is 5.78. The van der Waals surface area contributed by atoms with Gasteiger partial charge >= 0.3 is 0 Å². The Bertz CT molecular complexity index is 342. The number of rotatable bonds is 10. The minimum Gasteiger partial charge on any atom is -0.330 e. The van der Waals surface area contributed by atoms with Crippen LogP contribution in [0.5, 0.6) is 0 Å². The van der Waals surface area contributed by atoms with Crippen LogP contribution in [0.25, 0.3) is 0 Å². The highest BCUT2D eigenvalue weighted by atomic mass is 16.1. The first kappa shape index (κ1) is 15.9. The van der Waals surface area contributed by atoms with E-state index in [1.165, 1.54) is 18.4 Å². The van der Waals surface area contributed by atoms with Gasteiger partial charge < -0.3 is 5.73 Å². The highest BCUT2D eigenvalue weighted by Gasteiger charge is 2.10. The highest BCUT2D eigenvalue weighted by Crippen LogP contribution is 2.18. The van der Waals surface area contributed by atoms with Crippen molar-refractivity contribution in [3.8, 4) is 0 Å². The van der Waals surface area contributed by atoms with Crippen LogP contribution in [-0.4, -0.2) is 12.3 Å². The SMILES string of the molecule is CCCC(CCN)CCC(=O)CCc1ccccc1. The molecule has 0 aromatic heterocycles. The average molecular weight is 261 g/mol. The number of carbonyl (C=O) groups excluding carboxylic acids is 1. The van der Waals surface area contributed by atoms with E-state index in [2.05, 4.69) is 19.1 Å². The molecule has 0 fully saturated rings. The van der Waals surface area contributed by atoms with Gasteiger partial charge in [-0.1, -0.05) is 50.1 Å². The first-order chi connectivity index (χ1) is 9.26. The van der Waals surface area contributed by atoms with Crippen molar-refractivity contribution in [2.45, 2.75) is 51.9 Å². The summed E-state index contributed by atoms with van der Waals surface area (Å²) in [5.74, 6) is 1.03. The van der Waals surface area contributed by atoms with Gasteiger partial charge in [0.2, 0.25) is 0 Å². The van der Waals surface area contributed by atoms with E-state index in [9.17, 15) is 4.79 Å². The third-order valence-electron chi connectivity index (χ3n) is 3.64. The fourth-order valence-electron chi connectivity index (χ4n) is 2.50. The van der Waals surface area contributed by atoms with Gasteiger partial charge in [0.15, 0.2) is 0 Å². The summed E-state index contributed by atoms with van der Waals surface area (Å²) >= 11 is 0.